The summed E-state index contributed by atoms with van der Waals surface area (Å²) in [5.41, 5.74) is 0.986. The number of hydrogen-bond acceptors (Lipinski definition) is 5. The standard InChI is InChI=1S/C20H22N2O4S/c23-18(21-13-15-5-2-1-3-6-15)14-26-20(25)16-8-10-22(11-9-16)19(24)17-7-4-12-27-17/h1-7,12,16H,8-11,13-14H2,(H,21,23). The van der Waals surface area contributed by atoms with Crippen LogP contribution in [0.15, 0.2) is 47.8 Å². The van der Waals surface area contributed by atoms with Crippen LogP contribution in [0.4, 0.5) is 0 Å². The van der Waals surface area contributed by atoms with Gasteiger partial charge in [-0.3, -0.25) is 14.4 Å². The van der Waals surface area contributed by atoms with E-state index in [4.69, 9.17) is 4.74 Å². The molecule has 1 N–H and O–H groups in total. The van der Waals surface area contributed by atoms with E-state index in [1.165, 1.54) is 11.3 Å². The van der Waals surface area contributed by atoms with E-state index in [1.807, 2.05) is 41.8 Å². The van der Waals surface area contributed by atoms with Crippen molar-refractivity contribution in [2.24, 2.45) is 5.92 Å². The molecule has 0 unspecified atom stereocenters. The molecule has 7 heteroatoms. The third-order valence-corrected chi connectivity index (χ3v) is 5.38. The van der Waals surface area contributed by atoms with Gasteiger partial charge in [0.2, 0.25) is 0 Å². The van der Waals surface area contributed by atoms with Gasteiger partial charge in [-0.25, -0.2) is 0 Å². The highest BCUT2D eigenvalue weighted by molar-refractivity contribution is 7.12. The first-order valence-electron chi connectivity index (χ1n) is 8.93. The van der Waals surface area contributed by atoms with Gasteiger partial charge in [0, 0.05) is 19.6 Å². The van der Waals surface area contributed by atoms with Crippen molar-refractivity contribution in [3.05, 3.63) is 58.3 Å². The lowest BCUT2D eigenvalue weighted by atomic mass is 9.97. The second-order valence-corrected chi connectivity index (χ2v) is 7.36. The first-order chi connectivity index (χ1) is 13.1. The highest BCUT2D eigenvalue weighted by Crippen LogP contribution is 2.21. The number of nitrogens with zero attached hydrogens (tertiary/aromatic N) is 1. The van der Waals surface area contributed by atoms with E-state index in [9.17, 15) is 14.4 Å². The summed E-state index contributed by atoms with van der Waals surface area (Å²) in [5.74, 6) is -0.943. The lowest BCUT2D eigenvalue weighted by Gasteiger charge is -2.30. The van der Waals surface area contributed by atoms with Gasteiger partial charge in [-0.2, -0.15) is 0 Å². The van der Waals surface area contributed by atoms with Crippen molar-refractivity contribution in [1.29, 1.82) is 0 Å². The Bertz CT molecular complexity index is 769. The number of ether oxygens (including phenoxy) is 1. The largest absolute Gasteiger partial charge is 0.455 e. The quantitative estimate of drug-likeness (QED) is 0.774. The molecular formula is C20H22N2O4S. The molecule has 2 amide bonds. The minimum absolute atomic E-state index is 0.0112. The number of amides is 2. The number of carbonyl (C=O) groups is 3. The average Bonchev–Trinajstić information content (AvgIpc) is 3.25. The summed E-state index contributed by atoms with van der Waals surface area (Å²) in [5, 5.41) is 4.60. The molecule has 1 saturated heterocycles. The van der Waals surface area contributed by atoms with Crippen LogP contribution in [0.3, 0.4) is 0 Å². The number of esters is 1. The fourth-order valence-corrected chi connectivity index (χ4v) is 3.67. The predicted molar refractivity (Wildman–Crippen MR) is 102 cm³/mol. The van der Waals surface area contributed by atoms with Crippen LogP contribution in [0.25, 0.3) is 0 Å². The van der Waals surface area contributed by atoms with Crippen LogP contribution >= 0.6 is 11.3 Å². The Morgan fingerprint density at radius 3 is 2.48 bits per heavy atom. The van der Waals surface area contributed by atoms with Gasteiger partial charge in [-0.15, -0.1) is 11.3 Å². The van der Waals surface area contributed by atoms with Crippen molar-refractivity contribution in [2.45, 2.75) is 19.4 Å². The van der Waals surface area contributed by atoms with Crippen molar-refractivity contribution >= 4 is 29.1 Å². The number of thiophene rings is 1. The van der Waals surface area contributed by atoms with Crippen LogP contribution in [0.5, 0.6) is 0 Å². The molecule has 0 atom stereocenters. The molecule has 6 nitrogen and oxygen atoms in total. The molecular weight excluding hydrogens is 364 g/mol. The van der Waals surface area contributed by atoms with Gasteiger partial charge in [-0.05, 0) is 29.9 Å². The normalized spacial score (nSPS) is 14.6. The zero-order valence-corrected chi connectivity index (χ0v) is 15.7. The van der Waals surface area contributed by atoms with Crippen LogP contribution in [0.1, 0.15) is 28.1 Å². The fourth-order valence-electron chi connectivity index (χ4n) is 2.98. The second kappa shape index (κ2) is 9.32. The van der Waals surface area contributed by atoms with Gasteiger partial charge in [0.1, 0.15) is 0 Å². The summed E-state index contributed by atoms with van der Waals surface area (Å²) in [6, 6.07) is 13.2. The Morgan fingerprint density at radius 1 is 1.07 bits per heavy atom. The summed E-state index contributed by atoms with van der Waals surface area (Å²) >= 11 is 1.42. The molecule has 1 aliphatic rings. The SMILES string of the molecule is O=C(COC(=O)C1CCN(C(=O)c2cccs2)CC1)NCc1ccccc1. The van der Waals surface area contributed by atoms with E-state index in [0.717, 1.165) is 5.56 Å². The van der Waals surface area contributed by atoms with Gasteiger partial charge in [-0.1, -0.05) is 36.4 Å². The Hall–Kier alpha value is -2.67. The first-order valence-corrected chi connectivity index (χ1v) is 9.81. The summed E-state index contributed by atoms with van der Waals surface area (Å²) in [6.45, 7) is 1.17. The molecule has 0 saturated carbocycles. The zero-order valence-electron chi connectivity index (χ0n) is 14.9. The summed E-state index contributed by atoms with van der Waals surface area (Å²) in [4.78, 5) is 38.8. The highest BCUT2D eigenvalue weighted by atomic mass is 32.1. The molecule has 1 fully saturated rings. The van der Waals surface area contributed by atoms with Crippen molar-refractivity contribution in [2.75, 3.05) is 19.7 Å². The maximum atomic E-state index is 12.3. The highest BCUT2D eigenvalue weighted by Gasteiger charge is 2.29. The van der Waals surface area contributed by atoms with Crippen molar-refractivity contribution in [1.82, 2.24) is 10.2 Å². The number of nitrogens with one attached hydrogen (secondary N) is 1. The minimum atomic E-state index is -0.368. The zero-order chi connectivity index (χ0) is 19.1. The molecule has 0 bridgehead atoms. The molecule has 1 aliphatic heterocycles. The van der Waals surface area contributed by atoms with Crippen molar-refractivity contribution in [3.63, 3.8) is 0 Å². The van der Waals surface area contributed by atoms with E-state index in [1.54, 1.807) is 11.0 Å². The van der Waals surface area contributed by atoms with Crippen molar-refractivity contribution < 1.29 is 19.1 Å². The van der Waals surface area contributed by atoms with Crippen LogP contribution in [0.2, 0.25) is 0 Å². The number of rotatable bonds is 6. The molecule has 1 aromatic heterocycles. The van der Waals surface area contributed by atoms with E-state index in [-0.39, 0.29) is 30.3 Å². The second-order valence-electron chi connectivity index (χ2n) is 6.41. The molecule has 2 aromatic rings. The van der Waals surface area contributed by atoms with Gasteiger partial charge in [0.25, 0.3) is 11.8 Å². The van der Waals surface area contributed by atoms with E-state index < -0.39 is 0 Å². The lowest BCUT2D eigenvalue weighted by Crippen LogP contribution is -2.41. The monoisotopic (exact) mass is 386 g/mol. The van der Waals surface area contributed by atoms with E-state index in [0.29, 0.717) is 37.4 Å². The van der Waals surface area contributed by atoms with Crippen molar-refractivity contribution in [3.8, 4) is 0 Å². The molecule has 3 rings (SSSR count). The van der Waals surface area contributed by atoms with Gasteiger partial charge >= 0.3 is 5.97 Å². The third kappa shape index (κ3) is 5.40. The summed E-state index contributed by atoms with van der Waals surface area (Å²) < 4.78 is 5.15. The molecule has 1 aromatic carbocycles. The Morgan fingerprint density at radius 2 is 1.81 bits per heavy atom. The maximum absolute atomic E-state index is 12.3. The molecule has 0 radical (unpaired) electrons. The predicted octanol–water partition coefficient (Wildman–Crippen LogP) is 2.46. The molecule has 0 aliphatic carbocycles. The molecule has 2 heterocycles. The first kappa shape index (κ1) is 19.1. The molecule has 0 spiro atoms. The molecule has 142 valence electrons. The topological polar surface area (TPSA) is 75.7 Å². The Kier molecular flexibility index (Phi) is 6.59. The number of carbonyl (C=O) groups excluding carboxylic acids is 3. The Labute approximate surface area is 162 Å². The Balaban J connectivity index is 1.37. The minimum Gasteiger partial charge on any atom is -0.455 e. The third-order valence-electron chi connectivity index (χ3n) is 4.53. The van der Waals surface area contributed by atoms with Gasteiger partial charge < -0.3 is 15.0 Å². The van der Waals surface area contributed by atoms with E-state index in [2.05, 4.69) is 5.32 Å². The van der Waals surface area contributed by atoms with Crippen LogP contribution in [0, 0.1) is 5.92 Å². The van der Waals surface area contributed by atoms with Crippen LogP contribution in [-0.2, 0) is 20.9 Å². The summed E-state index contributed by atoms with van der Waals surface area (Å²) in [6.07, 6.45) is 1.11. The number of benzene rings is 1. The fraction of sp³-hybridized carbons (Fsp3) is 0.350. The van der Waals surface area contributed by atoms with Gasteiger partial charge in [0.05, 0.1) is 10.8 Å². The maximum Gasteiger partial charge on any atom is 0.309 e. The van der Waals surface area contributed by atoms with Crippen LogP contribution < -0.4 is 5.32 Å². The lowest BCUT2D eigenvalue weighted by molar-refractivity contribution is -0.153. The van der Waals surface area contributed by atoms with E-state index >= 15 is 0 Å². The number of likely N-dealkylation sites (tertiary alicyclic amines) is 1. The number of hydrogen-bond donors (Lipinski definition) is 1. The summed E-state index contributed by atoms with van der Waals surface area (Å²) in [7, 11) is 0. The van der Waals surface area contributed by atoms with Gasteiger partial charge in [0.15, 0.2) is 6.61 Å². The number of piperidine rings is 1. The van der Waals surface area contributed by atoms with Crippen LogP contribution in [-0.4, -0.2) is 42.4 Å². The molecule has 27 heavy (non-hydrogen) atoms. The smallest absolute Gasteiger partial charge is 0.309 e. The average molecular weight is 386 g/mol.